The predicted octanol–water partition coefficient (Wildman–Crippen LogP) is 3.11. The van der Waals surface area contributed by atoms with E-state index >= 15 is 0 Å². The molecule has 1 atom stereocenters. The van der Waals surface area contributed by atoms with Gasteiger partial charge in [0.05, 0.1) is 40.8 Å². The number of aromatic nitrogens is 2. The van der Waals surface area contributed by atoms with E-state index in [-0.39, 0.29) is 18.1 Å². The lowest BCUT2D eigenvalue weighted by molar-refractivity contribution is 0.0526. The van der Waals surface area contributed by atoms with Gasteiger partial charge in [0.2, 0.25) is 5.95 Å². The summed E-state index contributed by atoms with van der Waals surface area (Å²) in [6.07, 6.45) is 7.66. The lowest BCUT2D eigenvalue weighted by Gasteiger charge is -2.33. The molecule has 36 heavy (non-hydrogen) atoms. The largest absolute Gasteiger partial charge is 0.462 e. The Labute approximate surface area is 213 Å². The van der Waals surface area contributed by atoms with E-state index in [9.17, 15) is 14.1 Å². The van der Waals surface area contributed by atoms with Crippen molar-refractivity contribution in [3.63, 3.8) is 0 Å². The number of allylic oxidation sites excluding steroid dienone is 2. The van der Waals surface area contributed by atoms with Crippen molar-refractivity contribution in [1.29, 1.82) is 0 Å². The Bertz CT molecular complexity index is 1260. The Morgan fingerprint density at radius 2 is 2.08 bits per heavy atom. The maximum atomic E-state index is 12.6. The first-order valence-corrected chi connectivity index (χ1v) is 14.3. The van der Waals surface area contributed by atoms with E-state index in [4.69, 9.17) is 14.7 Å². The minimum atomic E-state index is -1.09. The van der Waals surface area contributed by atoms with Gasteiger partial charge in [-0.15, -0.1) is 0 Å². The number of rotatable bonds is 7. The minimum Gasteiger partial charge on any atom is -0.462 e. The van der Waals surface area contributed by atoms with Crippen molar-refractivity contribution in [2.24, 2.45) is 5.92 Å². The van der Waals surface area contributed by atoms with E-state index in [0.29, 0.717) is 42.0 Å². The third-order valence-electron chi connectivity index (χ3n) is 7.90. The van der Waals surface area contributed by atoms with Gasteiger partial charge in [-0.2, -0.15) is 4.98 Å². The number of carbonyl (C=O) groups is 1. The SMILES string of the molecule is CCOC(=O)c1ccc2c(c1)CC=C2C1CCN(c2nc3c(c(NC4(CO)CC4)n2)S(=O)CC3)CC1. The lowest BCUT2D eigenvalue weighted by Crippen LogP contribution is -2.36. The molecular formula is C27H32N4O4S. The second-order valence-electron chi connectivity index (χ2n) is 10.2. The lowest BCUT2D eigenvalue weighted by atomic mass is 9.86. The Balaban J connectivity index is 1.17. The van der Waals surface area contributed by atoms with Gasteiger partial charge in [-0.05, 0) is 73.8 Å². The van der Waals surface area contributed by atoms with E-state index < -0.39 is 10.8 Å². The number of hydrogen-bond donors (Lipinski definition) is 2. The quantitative estimate of drug-likeness (QED) is 0.550. The molecule has 9 heteroatoms. The van der Waals surface area contributed by atoms with E-state index in [1.54, 1.807) is 0 Å². The number of hydrogen-bond acceptors (Lipinski definition) is 8. The molecule has 2 aromatic rings. The van der Waals surface area contributed by atoms with Gasteiger partial charge in [-0.3, -0.25) is 4.21 Å². The molecule has 190 valence electrons. The highest BCUT2D eigenvalue weighted by molar-refractivity contribution is 7.85. The fourth-order valence-electron chi connectivity index (χ4n) is 5.63. The summed E-state index contributed by atoms with van der Waals surface area (Å²) < 4.78 is 17.8. The number of aliphatic hydroxyl groups is 1. The molecule has 3 heterocycles. The standard InChI is InChI=1S/C27H32N4O4S/c1-2-35-25(33)19-4-6-21-18(15-19)3-5-20(21)17-7-12-31(13-8-17)26-28-22-9-14-36(34)23(22)24(29-26)30-27(16-32)10-11-27/h4-6,15,17,32H,2-3,7-14,16H2,1H3,(H,28,29,30). The first-order valence-electron chi connectivity index (χ1n) is 12.9. The van der Waals surface area contributed by atoms with Crippen LogP contribution in [-0.4, -0.2) is 62.8 Å². The predicted molar refractivity (Wildman–Crippen MR) is 139 cm³/mol. The molecule has 8 nitrogen and oxygen atoms in total. The number of nitrogens with one attached hydrogen (secondary N) is 1. The monoisotopic (exact) mass is 508 g/mol. The van der Waals surface area contributed by atoms with Crippen molar-refractivity contribution in [1.82, 2.24) is 9.97 Å². The van der Waals surface area contributed by atoms with Crippen molar-refractivity contribution in [3.8, 4) is 0 Å². The van der Waals surface area contributed by atoms with Crippen molar-refractivity contribution in [3.05, 3.63) is 46.7 Å². The number of carbonyl (C=O) groups excluding carboxylic acids is 1. The summed E-state index contributed by atoms with van der Waals surface area (Å²) in [7, 11) is -1.09. The number of esters is 1. The maximum absolute atomic E-state index is 12.6. The fraction of sp³-hybridized carbons (Fsp3) is 0.519. The first kappa shape index (κ1) is 23.6. The molecule has 1 saturated carbocycles. The molecule has 2 fully saturated rings. The highest BCUT2D eigenvalue weighted by Gasteiger charge is 2.44. The Kier molecular flexibility index (Phi) is 6.08. The highest BCUT2D eigenvalue weighted by Crippen LogP contribution is 2.42. The second kappa shape index (κ2) is 9.27. The topological polar surface area (TPSA) is 105 Å². The Morgan fingerprint density at radius 1 is 1.28 bits per heavy atom. The molecule has 1 saturated heterocycles. The summed E-state index contributed by atoms with van der Waals surface area (Å²) in [4.78, 5) is 24.7. The fourth-order valence-corrected chi connectivity index (χ4v) is 6.93. The van der Waals surface area contributed by atoms with Crippen LogP contribution in [-0.2, 0) is 28.4 Å². The molecule has 4 aliphatic rings. The number of nitrogens with zero attached hydrogens (tertiary/aromatic N) is 3. The van der Waals surface area contributed by atoms with Crippen LogP contribution in [0.1, 0.15) is 59.8 Å². The zero-order valence-electron chi connectivity index (χ0n) is 20.6. The average Bonchev–Trinajstić information content (AvgIpc) is 3.38. The van der Waals surface area contributed by atoms with Gasteiger partial charge in [-0.1, -0.05) is 12.1 Å². The van der Waals surface area contributed by atoms with Gasteiger partial charge >= 0.3 is 5.97 Å². The number of anilines is 2. The molecule has 1 aromatic carbocycles. The van der Waals surface area contributed by atoms with Crippen LogP contribution < -0.4 is 10.2 Å². The second-order valence-corrected chi connectivity index (χ2v) is 11.7. The van der Waals surface area contributed by atoms with Gasteiger partial charge in [0.25, 0.3) is 0 Å². The number of benzene rings is 1. The van der Waals surface area contributed by atoms with Gasteiger partial charge in [0.1, 0.15) is 10.7 Å². The number of ether oxygens (including phenoxy) is 1. The normalized spacial score (nSPS) is 22.1. The summed E-state index contributed by atoms with van der Waals surface area (Å²) in [5.74, 6) is 2.12. The Hall–Kier alpha value is -2.78. The van der Waals surface area contributed by atoms with Crippen LogP contribution in [0.15, 0.2) is 29.2 Å². The van der Waals surface area contributed by atoms with Crippen LogP contribution in [0, 0.1) is 5.92 Å². The van der Waals surface area contributed by atoms with Crippen molar-refractivity contribution < 1.29 is 18.8 Å². The van der Waals surface area contributed by atoms with E-state index in [2.05, 4.69) is 22.4 Å². The zero-order valence-corrected chi connectivity index (χ0v) is 21.4. The summed E-state index contributed by atoms with van der Waals surface area (Å²) >= 11 is 0. The van der Waals surface area contributed by atoms with Crippen LogP contribution in [0.25, 0.3) is 5.57 Å². The van der Waals surface area contributed by atoms with Crippen molar-refractivity contribution >= 4 is 34.1 Å². The third-order valence-corrected chi connectivity index (χ3v) is 9.36. The van der Waals surface area contributed by atoms with E-state index in [1.807, 2.05) is 19.1 Å². The van der Waals surface area contributed by atoms with Gasteiger partial charge in [0.15, 0.2) is 0 Å². The molecule has 1 aromatic heterocycles. The van der Waals surface area contributed by atoms with Gasteiger partial charge in [0, 0.05) is 25.3 Å². The summed E-state index contributed by atoms with van der Waals surface area (Å²) in [5.41, 5.74) is 5.00. The molecule has 0 amide bonds. The highest BCUT2D eigenvalue weighted by atomic mass is 32.2. The first-order chi connectivity index (χ1) is 17.5. The zero-order chi connectivity index (χ0) is 24.9. The summed E-state index contributed by atoms with van der Waals surface area (Å²) in [6.45, 7) is 3.96. The number of piperidine rings is 1. The van der Waals surface area contributed by atoms with Gasteiger partial charge < -0.3 is 20.1 Å². The Morgan fingerprint density at radius 3 is 2.81 bits per heavy atom. The van der Waals surface area contributed by atoms with Gasteiger partial charge in [-0.25, -0.2) is 9.78 Å². The molecule has 6 rings (SSSR count). The minimum absolute atomic E-state index is 0.0526. The third kappa shape index (κ3) is 4.22. The van der Waals surface area contributed by atoms with Crippen LogP contribution in [0.3, 0.4) is 0 Å². The number of aliphatic hydroxyl groups excluding tert-OH is 1. The van der Waals surface area contributed by atoms with Crippen LogP contribution in [0.5, 0.6) is 0 Å². The number of aryl methyl sites for hydroxylation is 1. The van der Waals surface area contributed by atoms with Crippen LogP contribution >= 0.6 is 0 Å². The molecule has 2 aliphatic heterocycles. The molecule has 1 unspecified atom stereocenters. The van der Waals surface area contributed by atoms with E-state index in [0.717, 1.165) is 55.8 Å². The summed E-state index contributed by atoms with van der Waals surface area (Å²) in [6, 6.07) is 5.92. The van der Waals surface area contributed by atoms with Crippen molar-refractivity contribution in [2.75, 3.05) is 42.3 Å². The molecule has 2 aliphatic carbocycles. The smallest absolute Gasteiger partial charge is 0.338 e. The molecular weight excluding hydrogens is 476 g/mol. The molecule has 0 radical (unpaired) electrons. The average molecular weight is 509 g/mol. The molecule has 2 N–H and O–H groups in total. The van der Waals surface area contributed by atoms with Crippen LogP contribution in [0.2, 0.25) is 0 Å². The number of fused-ring (bicyclic) bond motifs is 2. The van der Waals surface area contributed by atoms with E-state index in [1.165, 1.54) is 16.7 Å². The molecule has 0 spiro atoms. The summed E-state index contributed by atoms with van der Waals surface area (Å²) in [5, 5.41) is 13.2. The van der Waals surface area contributed by atoms with Crippen molar-refractivity contribution in [2.45, 2.75) is 55.9 Å². The maximum Gasteiger partial charge on any atom is 0.338 e. The van der Waals surface area contributed by atoms with Crippen LogP contribution in [0.4, 0.5) is 11.8 Å². The molecule has 0 bridgehead atoms.